The van der Waals surface area contributed by atoms with E-state index in [0.717, 1.165) is 13.0 Å². The molecule has 0 saturated carbocycles. The highest BCUT2D eigenvalue weighted by atomic mass is 16.5. The lowest BCUT2D eigenvalue weighted by Crippen LogP contribution is -2.47. The molecule has 4 nitrogen and oxygen atoms in total. The maximum absolute atomic E-state index is 11.7. The van der Waals surface area contributed by atoms with Crippen molar-refractivity contribution in [2.75, 3.05) is 20.2 Å². The molecule has 0 aromatic carbocycles. The quantitative estimate of drug-likeness (QED) is 0.691. The fraction of sp³-hybridized carbons (Fsp3) is 0.900. The zero-order chi connectivity index (χ0) is 10.8. The van der Waals surface area contributed by atoms with Crippen molar-refractivity contribution >= 4 is 6.03 Å². The third-order valence-corrected chi connectivity index (χ3v) is 2.25. The summed E-state index contributed by atoms with van der Waals surface area (Å²) in [4.78, 5) is 13.5. The highest BCUT2D eigenvalue weighted by Crippen LogP contribution is 2.12. The van der Waals surface area contributed by atoms with Crippen LogP contribution in [0.4, 0.5) is 4.79 Å². The number of amides is 2. The van der Waals surface area contributed by atoms with Gasteiger partial charge < -0.3 is 15.0 Å². The van der Waals surface area contributed by atoms with E-state index < -0.39 is 0 Å². The number of likely N-dealkylation sites (tertiary alicyclic amines) is 1. The molecule has 0 aromatic rings. The van der Waals surface area contributed by atoms with Gasteiger partial charge in [0.25, 0.3) is 0 Å². The molecule has 1 heterocycles. The molecule has 1 N–H and O–H groups in total. The van der Waals surface area contributed by atoms with Crippen molar-refractivity contribution in [3.8, 4) is 0 Å². The van der Waals surface area contributed by atoms with Crippen LogP contribution in [0.25, 0.3) is 0 Å². The summed E-state index contributed by atoms with van der Waals surface area (Å²) in [6.07, 6.45) is 1.15. The number of carbonyl (C=O) groups is 1. The van der Waals surface area contributed by atoms with Gasteiger partial charge in [-0.15, -0.1) is 0 Å². The minimum Gasteiger partial charge on any atom is -0.380 e. The molecule has 14 heavy (non-hydrogen) atoms. The highest BCUT2D eigenvalue weighted by Gasteiger charge is 2.27. The Balaban J connectivity index is 2.40. The number of urea groups is 1. The Bertz CT molecular complexity index is 211. The first-order valence-corrected chi connectivity index (χ1v) is 5.02. The smallest absolute Gasteiger partial charge is 0.317 e. The average Bonchev–Trinajstić information content (AvgIpc) is 2.48. The van der Waals surface area contributed by atoms with Gasteiger partial charge in [-0.25, -0.2) is 4.79 Å². The summed E-state index contributed by atoms with van der Waals surface area (Å²) in [5.41, 5.74) is -0.164. The number of rotatable bonds is 1. The van der Waals surface area contributed by atoms with Crippen molar-refractivity contribution in [3.63, 3.8) is 0 Å². The van der Waals surface area contributed by atoms with Gasteiger partial charge in [0.1, 0.15) is 0 Å². The van der Waals surface area contributed by atoms with Crippen LogP contribution in [0.2, 0.25) is 0 Å². The lowest BCUT2D eigenvalue weighted by atomic mass is 10.1. The van der Waals surface area contributed by atoms with E-state index in [-0.39, 0.29) is 17.7 Å². The van der Waals surface area contributed by atoms with Crippen LogP contribution < -0.4 is 5.32 Å². The van der Waals surface area contributed by atoms with Crippen molar-refractivity contribution in [3.05, 3.63) is 0 Å². The normalized spacial score (nSPS) is 22.6. The molecule has 0 aromatic heterocycles. The van der Waals surface area contributed by atoms with Crippen LogP contribution >= 0.6 is 0 Å². The van der Waals surface area contributed by atoms with Crippen molar-refractivity contribution in [1.82, 2.24) is 10.2 Å². The molecule has 1 aliphatic heterocycles. The van der Waals surface area contributed by atoms with Gasteiger partial charge >= 0.3 is 6.03 Å². The van der Waals surface area contributed by atoms with Gasteiger partial charge in [0.2, 0.25) is 0 Å². The zero-order valence-electron chi connectivity index (χ0n) is 9.46. The van der Waals surface area contributed by atoms with E-state index in [1.54, 1.807) is 12.0 Å². The van der Waals surface area contributed by atoms with Crippen molar-refractivity contribution in [2.24, 2.45) is 0 Å². The van der Waals surface area contributed by atoms with Gasteiger partial charge in [-0.2, -0.15) is 0 Å². The van der Waals surface area contributed by atoms with Gasteiger partial charge in [-0.3, -0.25) is 0 Å². The van der Waals surface area contributed by atoms with Crippen LogP contribution in [0.5, 0.6) is 0 Å². The fourth-order valence-electron chi connectivity index (χ4n) is 1.50. The lowest BCUT2D eigenvalue weighted by Gasteiger charge is -2.25. The molecule has 4 heteroatoms. The first-order valence-electron chi connectivity index (χ1n) is 5.02. The van der Waals surface area contributed by atoms with Crippen LogP contribution in [0, 0.1) is 0 Å². The zero-order valence-corrected chi connectivity index (χ0v) is 9.46. The minimum absolute atomic E-state index is 0.0112. The molecule has 0 spiro atoms. The second-order valence-corrected chi connectivity index (χ2v) is 4.77. The third kappa shape index (κ3) is 3.18. The number of hydrogen-bond acceptors (Lipinski definition) is 2. The molecular weight excluding hydrogens is 180 g/mol. The summed E-state index contributed by atoms with van der Waals surface area (Å²) in [7, 11) is 1.69. The van der Waals surface area contributed by atoms with E-state index in [0.29, 0.717) is 6.54 Å². The first-order chi connectivity index (χ1) is 6.42. The average molecular weight is 200 g/mol. The Morgan fingerprint density at radius 3 is 2.57 bits per heavy atom. The maximum atomic E-state index is 11.7. The van der Waals surface area contributed by atoms with Crippen LogP contribution in [-0.4, -0.2) is 42.8 Å². The molecule has 0 aliphatic carbocycles. The standard InChI is InChI=1S/C10H20N2O2/c1-10(2,3)11-9(13)12-6-5-8(7-12)14-4/h8H,5-7H2,1-4H3,(H,11,13)/t8-/m0/s1. The van der Waals surface area contributed by atoms with Gasteiger partial charge in [-0.1, -0.05) is 0 Å². The molecule has 2 amide bonds. The van der Waals surface area contributed by atoms with E-state index in [2.05, 4.69) is 5.32 Å². The largest absolute Gasteiger partial charge is 0.380 e. The van der Waals surface area contributed by atoms with E-state index in [1.165, 1.54) is 0 Å². The topological polar surface area (TPSA) is 41.6 Å². The van der Waals surface area contributed by atoms with Gasteiger partial charge in [-0.05, 0) is 27.2 Å². The predicted octanol–water partition coefficient (Wildman–Crippen LogP) is 1.22. The molecule has 1 saturated heterocycles. The Morgan fingerprint density at radius 1 is 1.50 bits per heavy atom. The number of ether oxygens (including phenoxy) is 1. The highest BCUT2D eigenvalue weighted by molar-refractivity contribution is 5.75. The van der Waals surface area contributed by atoms with E-state index >= 15 is 0 Å². The summed E-state index contributed by atoms with van der Waals surface area (Å²) in [6, 6.07) is 0.0112. The molecule has 1 aliphatic rings. The second kappa shape index (κ2) is 4.17. The summed E-state index contributed by atoms with van der Waals surface area (Å²) >= 11 is 0. The van der Waals surface area contributed by atoms with Gasteiger partial charge in [0, 0.05) is 25.7 Å². The van der Waals surface area contributed by atoms with E-state index in [1.807, 2.05) is 20.8 Å². The van der Waals surface area contributed by atoms with Gasteiger partial charge in [0.15, 0.2) is 0 Å². The molecule has 1 atom stereocenters. The second-order valence-electron chi connectivity index (χ2n) is 4.77. The van der Waals surface area contributed by atoms with E-state index in [4.69, 9.17) is 4.74 Å². The molecular formula is C10H20N2O2. The first kappa shape index (κ1) is 11.3. The summed E-state index contributed by atoms with van der Waals surface area (Å²) in [6.45, 7) is 7.44. The SMILES string of the molecule is CO[C@H]1CCN(C(=O)NC(C)(C)C)C1. The predicted molar refractivity (Wildman–Crippen MR) is 55.3 cm³/mol. The number of nitrogens with one attached hydrogen (secondary N) is 1. The van der Waals surface area contributed by atoms with Crippen molar-refractivity contribution in [2.45, 2.75) is 38.8 Å². The number of methoxy groups -OCH3 is 1. The molecule has 82 valence electrons. The van der Waals surface area contributed by atoms with E-state index in [9.17, 15) is 4.79 Å². The molecule has 0 unspecified atom stereocenters. The third-order valence-electron chi connectivity index (χ3n) is 2.25. The summed E-state index contributed by atoms with van der Waals surface area (Å²) < 4.78 is 5.20. The Morgan fingerprint density at radius 2 is 2.14 bits per heavy atom. The van der Waals surface area contributed by atoms with Crippen LogP contribution in [0.3, 0.4) is 0 Å². The summed E-state index contributed by atoms with van der Waals surface area (Å²) in [5, 5.41) is 2.94. The fourth-order valence-corrected chi connectivity index (χ4v) is 1.50. The molecule has 0 bridgehead atoms. The van der Waals surface area contributed by atoms with Crippen molar-refractivity contribution in [1.29, 1.82) is 0 Å². The summed E-state index contributed by atoms with van der Waals surface area (Å²) in [5.74, 6) is 0. The Kier molecular flexibility index (Phi) is 3.37. The van der Waals surface area contributed by atoms with Crippen LogP contribution in [0.15, 0.2) is 0 Å². The molecule has 0 radical (unpaired) electrons. The van der Waals surface area contributed by atoms with Gasteiger partial charge in [0.05, 0.1) is 6.10 Å². The van der Waals surface area contributed by atoms with Crippen molar-refractivity contribution < 1.29 is 9.53 Å². The van der Waals surface area contributed by atoms with Crippen LogP contribution in [0.1, 0.15) is 27.2 Å². The maximum Gasteiger partial charge on any atom is 0.317 e. The minimum atomic E-state index is -0.164. The van der Waals surface area contributed by atoms with Crippen LogP contribution in [-0.2, 0) is 4.74 Å². The number of carbonyl (C=O) groups excluding carboxylic acids is 1. The Labute approximate surface area is 85.6 Å². The number of hydrogen-bond donors (Lipinski definition) is 1. The molecule has 1 rings (SSSR count). The Hall–Kier alpha value is -0.770. The monoisotopic (exact) mass is 200 g/mol. The molecule has 1 fully saturated rings. The number of nitrogens with zero attached hydrogens (tertiary/aromatic N) is 1. The lowest BCUT2D eigenvalue weighted by molar-refractivity contribution is 0.109.